The highest BCUT2D eigenvalue weighted by atomic mass is 35.5. The number of carbonyl (C=O) groups is 1. The first-order valence-electron chi connectivity index (χ1n) is 5.56. The van der Waals surface area contributed by atoms with Crippen molar-refractivity contribution in [2.24, 2.45) is 0 Å². The summed E-state index contributed by atoms with van der Waals surface area (Å²) in [6.07, 6.45) is 0. The number of urea groups is 1. The standard InChI is InChI=1S/C12H18ClN3O2/c1-16(2)7-6-14-12(17)15-10-8-9(13)4-5-11(10)18-3/h4-5,8H,6-7H2,1-3H3,(H2,14,15,17). The number of rotatable bonds is 5. The zero-order valence-electron chi connectivity index (χ0n) is 10.8. The van der Waals surface area contributed by atoms with E-state index < -0.39 is 0 Å². The van der Waals surface area contributed by atoms with E-state index >= 15 is 0 Å². The summed E-state index contributed by atoms with van der Waals surface area (Å²) in [4.78, 5) is 13.6. The van der Waals surface area contributed by atoms with Crippen LogP contribution in [0, 0.1) is 0 Å². The summed E-state index contributed by atoms with van der Waals surface area (Å²) in [6.45, 7) is 1.35. The van der Waals surface area contributed by atoms with Gasteiger partial charge in [-0.05, 0) is 32.3 Å². The van der Waals surface area contributed by atoms with Crippen LogP contribution in [-0.2, 0) is 0 Å². The Balaban J connectivity index is 2.55. The summed E-state index contributed by atoms with van der Waals surface area (Å²) >= 11 is 5.87. The number of nitrogens with one attached hydrogen (secondary N) is 2. The number of methoxy groups -OCH3 is 1. The van der Waals surface area contributed by atoms with E-state index in [2.05, 4.69) is 10.6 Å². The van der Waals surface area contributed by atoms with E-state index in [1.165, 1.54) is 0 Å². The van der Waals surface area contributed by atoms with Crippen LogP contribution in [0.4, 0.5) is 10.5 Å². The van der Waals surface area contributed by atoms with Crippen molar-refractivity contribution in [3.05, 3.63) is 23.2 Å². The van der Waals surface area contributed by atoms with Crippen molar-refractivity contribution < 1.29 is 9.53 Å². The van der Waals surface area contributed by atoms with Crippen LogP contribution in [0.15, 0.2) is 18.2 Å². The Morgan fingerprint density at radius 1 is 1.44 bits per heavy atom. The average molecular weight is 272 g/mol. The van der Waals surface area contributed by atoms with Crippen LogP contribution in [0.1, 0.15) is 0 Å². The number of benzene rings is 1. The third-order valence-electron chi connectivity index (χ3n) is 2.25. The van der Waals surface area contributed by atoms with E-state index in [-0.39, 0.29) is 6.03 Å². The molecule has 1 aromatic rings. The molecule has 6 heteroatoms. The van der Waals surface area contributed by atoms with Gasteiger partial charge in [0, 0.05) is 18.1 Å². The van der Waals surface area contributed by atoms with E-state index in [1.54, 1.807) is 25.3 Å². The highest BCUT2D eigenvalue weighted by Crippen LogP contribution is 2.27. The molecule has 5 nitrogen and oxygen atoms in total. The van der Waals surface area contributed by atoms with Gasteiger partial charge in [0.1, 0.15) is 5.75 Å². The molecule has 0 spiro atoms. The molecule has 0 aliphatic heterocycles. The molecule has 2 amide bonds. The van der Waals surface area contributed by atoms with E-state index in [4.69, 9.17) is 16.3 Å². The highest BCUT2D eigenvalue weighted by Gasteiger charge is 2.07. The Kier molecular flexibility index (Phi) is 5.74. The maximum absolute atomic E-state index is 11.6. The monoisotopic (exact) mass is 271 g/mol. The molecule has 0 aromatic heterocycles. The van der Waals surface area contributed by atoms with Crippen molar-refractivity contribution in [3.8, 4) is 5.75 Å². The van der Waals surface area contributed by atoms with E-state index in [0.29, 0.717) is 23.0 Å². The minimum Gasteiger partial charge on any atom is -0.495 e. The SMILES string of the molecule is COc1ccc(Cl)cc1NC(=O)NCCN(C)C. The second kappa shape index (κ2) is 7.08. The Morgan fingerprint density at radius 2 is 2.17 bits per heavy atom. The molecular weight excluding hydrogens is 254 g/mol. The Labute approximate surface area is 112 Å². The summed E-state index contributed by atoms with van der Waals surface area (Å²) in [7, 11) is 5.43. The number of amides is 2. The Bertz CT molecular complexity index is 410. The summed E-state index contributed by atoms with van der Waals surface area (Å²) < 4.78 is 5.13. The number of halogens is 1. The van der Waals surface area contributed by atoms with Crippen molar-refractivity contribution in [2.45, 2.75) is 0 Å². The Morgan fingerprint density at radius 3 is 2.78 bits per heavy atom. The molecule has 1 aromatic carbocycles. The minimum absolute atomic E-state index is 0.280. The van der Waals surface area contributed by atoms with Gasteiger partial charge in [-0.1, -0.05) is 11.6 Å². The molecule has 0 bridgehead atoms. The van der Waals surface area contributed by atoms with Gasteiger partial charge in [-0.3, -0.25) is 0 Å². The topological polar surface area (TPSA) is 53.6 Å². The molecule has 2 N–H and O–H groups in total. The van der Waals surface area contributed by atoms with Crippen molar-refractivity contribution in [1.82, 2.24) is 10.2 Å². The van der Waals surface area contributed by atoms with Crippen LogP contribution in [0.2, 0.25) is 5.02 Å². The van der Waals surface area contributed by atoms with Gasteiger partial charge >= 0.3 is 6.03 Å². The van der Waals surface area contributed by atoms with Crippen LogP contribution in [0.25, 0.3) is 0 Å². The number of hydrogen-bond donors (Lipinski definition) is 2. The molecule has 0 aliphatic carbocycles. The number of hydrogen-bond acceptors (Lipinski definition) is 3. The molecule has 1 rings (SSSR count). The second-order valence-corrected chi connectivity index (χ2v) is 4.47. The van der Waals surface area contributed by atoms with Crippen LogP contribution in [-0.4, -0.2) is 45.2 Å². The zero-order chi connectivity index (χ0) is 13.5. The van der Waals surface area contributed by atoms with Gasteiger partial charge in [-0.2, -0.15) is 0 Å². The predicted octanol–water partition coefficient (Wildman–Crippen LogP) is 2.03. The molecule has 18 heavy (non-hydrogen) atoms. The molecule has 100 valence electrons. The maximum atomic E-state index is 11.6. The van der Waals surface area contributed by atoms with Gasteiger partial charge in [0.2, 0.25) is 0 Å². The van der Waals surface area contributed by atoms with Crippen LogP contribution in [0.3, 0.4) is 0 Å². The van der Waals surface area contributed by atoms with E-state index in [0.717, 1.165) is 6.54 Å². The van der Waals surface area contributed by atoms with Gasteiger partial charge in [0.25, 0.3) is 0 Å². The lowest BCUT2D eigenvalue weighted by Gasteiger charge is -2.13. The predicted molar refractivity (Wildman–Crippen MR) is 73.6 cm³/mol. The minimum atomic E-state index is -0.280. The first-order valence-corrected chi connectivity index (χ1v) is 5.94. The molecular formula is C12H18ClN3O2. The van der Waals surface area contributed by atoms with Gasteiger partial charge in [-0.15, -0.1) is 0 Å². The normalized spacial score (nSPS) is 10.3. The number of likely N-dealkylation sites (N-methyl/N-ethyl adjacent to an activating group) is 1. The van der Waals surface area contributed by atoms with E-state index in [1.807, 2.05) is 19.0 Å². The average Bonchev–Trinajstić information content (AvgIpc) is 2.28. The highest BCUT2D eigenvalue weighted by molar-refractivity contribution is 6.31. The summed E-state index contributed by atoms with van der Waals surface area (Å²) in [5, 5.41) is 5.98. The lowest BCUT2D eigenvalue weighted by molar-refractivity contribution is 0.250. The van der Waals surface area contributed by atoms with Gasteiger partial charge in [-0.25, -0.2) is 4.79 Å². The maximum Gasteiger partial charge on any atom is 0.319 e. The largest absolute Gasteiger partial charge is 0.495 e. The lowest BCUT2D eigenvalue weighted by Crippen LogP contribution is -2.34. The fraction of sp³-hybridized carbons (Fsp3) is 0.417. The smallest absolute Gasteiger partial charge is 0.319 e. The van der Waals surface area contributed by atoms with Gasteiger partial charge in [0.05, 0.1) is 12.8 Å². The number of carbonyl (C=O) groups excluding carboxylic acids is 1. The third-order valence-corrected chi connectivity index (χ3v) is 2.49. The molecule has 0 heterocycles. The molecule has 0 radical (unpaired) electrons. The number of nitrogens with zero attached hydrogens (tertiary/aromatic N) is 1. The van der Waals surface area contributed by atoms with Crippen molar-refractivity contribution in [3.63, 3.8) is 0 Å². The van der Waals surface area contributed by atoms with Crippen molar-refractivity contribution in [2.75, 3.05) is 39.6 Å². The first-order chi connectivity index (χ1) is 8.52. The Hall–Kier alpha value is -1.46. The third kappa shape index (κ3) is 4.81. The van der Waals surface area contributed by atoms with Crippen LogP contribution < -0.4 is 15.4 Å². The van der Waals surface area contributed by atoms with E-state index in [9.17, 15) is 4.79 Å². The lowest BCUT2D eigenvalue weighted by atomic mass is 10.3. The quantitative estimate of drug-likeness (QED) is 0.862. The fourth-order valence-corrected chi connectivity index (χ4v) is 1.51. The molecule has 0 saturated carbocycles. The van der Waals surface area contributed by atoms with Crippen molar-refractivity contribution in [1.29, 1.82) is 0 Å². The molecule has 0 saturated heterocycles. The van der Waals surface area contributed by atoms with Gasteiger partial charge in [0.15, 0.2) is 0 Å². The molecule has 0 unspecified atom stereocenters. The van der Waals surface area contributed by atoms with Crippen LogP contribution in [0.5, 0.6) is 5.75 Å². The fourth-order valence-electron chi connectivity index (χ4n) is 1.34. The summed E-state index contributed by atoms with van der Waals surface area (Å²) in [6, 6.07) is 4.77. The molecule has 0 fully saturated rings. The zero-order valence-corrected chi connectivity index (χ0v) is 11.5. The van der Waals surface area contributed by atoms with Crippen molar-refractivity contribution >= 4 is 23.3 Å². The first kappa shape index (κ1) is 14.6. The number of ether oxygens (including phenoxy) is 1. The van der Waals surface area contributed by atoms with Crippen LogP contribution >= 0.6 is 11.6 Å². The molecule has 0 aliphatic rings. The number of anilines is 1. The second-order valence-electron chi connectivity index (χ2n) is 4.03. The summed E-state index contributed by atoms with van der Waals surface area (Å²) in [5.74, 6) is 0.571. The van der Waals surface area contributed by atoms with Gasteiger partial charge < -0.3 is 20.3 Å². The molecule has 0 atom stereocenters. The summed E-state index contributed by atoms with van der Waals surface area (Å²) in [5.41, 5.74) is 0.548.